The van der Waals surface area contributed by atoms with E-state index in [4.69, 9.17) is 21.9 Å². The Bertz CT molecular complexity index is 417. The van der Waals surface area contributed by atoms with E-state index in [2.05, 4.69) is 15.3 Å². The normalized spacial score (nSPS) is 11.0. The van der Waals surface area contributed by atoms with Crippen LogP contribution in [-0.2, 0) is 4.74 Å². The summed E-state index contributed by atoms with van der Waals surface area (Å²) in [7, 11) is 0. The summed E-state index contributed by atoms with van der Waals surface area (Å²) in [5.41, 5.74) is 15.9. The number of rotatable bonds is 1. The molecular weight excluding hydrogens is 224 g/mol. The van der Waals surface area contributed by atoms with E-state index < -0.39 is 11.7 Å². The second-order valence-electron chi connectivity index (χ2n) is 4.35. The summed E-state index contributed by atoms with van der Waals surface area (Å²) in [5, 5.41) is 2.37. The van der Waals surface area contributed by atoms with Crippen LogP contribution in [0.1, 0.15) is 20.8 Å². The largest absolute Gasteiger partial charge is 0.444 e. The van der Waals surface area contributed by atoms with Crippen molar-refractivity contribution in [2.45, 2.75) is 26.4 Å². The van der Waals surface area contributed by atoms with Gasteiger partial charge in [0.15, 0.2) is 11.6 Å². The molecular formula is C9H16N6O2. The highest BCUT2D eigenvalue weighted by atomic mass is 16.6. The minimum absolute atomic E-state index is 0.0131. The number of nitrogen functional groups attached to an aromatic ring is 3. The number of carbonyl (C=O) groups excluding carboxylic acids is 1. The third-order valence-electron chi connectivity index (χ3n) is 1.61. The highest BCUT2D eigenvalue weighted by molar-refractivity contribution is 5.92. The first-order valence-corrected chi connectivity index (χ1v) is 4.87. The lowest BCUT2D eigenvalue weighted by Crippen LogP contribution is -2.28. The molecule has 0 spiro atoms. The van der Waals surface area contributed by atoms with Crippen molar-refractivity contribution >= 4 is 29.4 Å². The Morgan fingerprint density at radius 1 is 1.18 bits per heavy atom. The molecule has 0 saturated carbocycles. The van der Waals surface area contributed by atoms with Gasteiger partial charge in [-0.2, -0.15) is 9.97 Å². The molecule has 1 aromatic rings. The van der Waals surface area contributed by atoms with E-state index in [0.717, 1.165) is 0 Å². The van der Waals surface area contributed by atoms with E-state index >= 15 is 0 Å². The van der Waals surface area contributed by atoms with Gasteiger partial charge in [-0.15, -0.1) is 0 Å². The van der Waals surface area contributed by atoms with Gasteiger partial charge in [0.25, 0.3) is 0 Å². The number of anilines is 4. The molecule has 0 aromatic carbocycles. The molecule has 0 fully saturated rings. The number of nitrogens with two attached hydrogens (primary N) is 3. The lowest BCUT2D eigenvalue weighted by Gasteiger charge is -2.20. The first-order valence-electron chi connectivity index (χ1n) is 4.87. The maximum atomic E-state index is 11.5. The molecule has 0 unspecified atom stereocenters. The predicted octanol–water partition coefficient (Wildman–Crippen LogP) is 0.570. The Balaban J connectivity index is 2.86. The lowest BCUT2D eigenvalue weighted by molar-refractivity contribution is 0.0636. The van der Waals surface area contributed by atoms with Crippen LogP contribution < -0.4 is 22.5 Å². The first-order chi connectivity index (χ1) is 7.69. The third-order valence-corrected chi connectivity index (χ3v) is 1.61. The fraction of sp³-hybridized carbons (Fsp3) is 0.444. The molecule has 0 saturated heterocycles. The number of hydrogen-bond donors (Lipinski definition) is 4. The van der Waals surface area contributed by atoms with E-state index in [-0.39, 0.29) is 23.3 Å². The summed E-state index contributed by atoms with van der Waals surface area (Å²) in [4.78, 5) is 18.8. The molecule has 0 aliphatic heterocycles. The number of amides is 1. The van der Waals surface area contributed by atoms with Gasteiger partial charge in [-0.3, -0.25) is 5.32 Å². The first kappa shape index (κ1) is 12.8. The summed E-state index contributed by atoms with van der Waals surface area (Å²) >= 11 is 0. The van der Waals surface area contributed by atoms with E-state index in [9.17, 15) is 4.79 Å². The predicted molar refractivity (Wildman–Crippen MR) is 65.1 cm³/mol. The fourth-order valence-electron chi connectivity index (χ4n) is 1.05. The van der Waals surface area contributed by atoms with Crippen LogP contribution in [0.4, 0.5) is 28.1 Å². The maximum Gasteiger partial charge on any atom is 0.412 e. The summed E-state index contributed by atoms with van der Waals surface area (Å²) in [5.74, 6) is -0.0866. The summed E-state index contributed by atoms with van der Waals surface area (Å²) in [6.07, 6.45) is -0.690. The van der Waals surface area contributed by atoms with Crippen LogP contribution in [0.2, 0.25) is 0 Å². The molecule has 0 bridgehead atoms. The van der Waals surface area contributed by atoms with Crippen LogP contribution in [0.3, 0.4) is 0 Å². The van der Waals surface area contributed by atoms with Crippen molar-refractivity contribution in [1.29, 1.82) is 0 Å². The minimum atomic E-state index is -0.690. The molecule has 8 heteroatoms. The van der Waals surface area contributed by atoms with Crippen LogP contribution in [0.5, 0.6) is 0 Å². The van der Waals surface area contributed by atoms with Crippen molar-refractivity contribution in [3.05, 3.63) is 0 Å². The van der Waals surface area contributed by atoms with E-state index in [0.29, 0.717) is 0 Å². The summed E-state index contributed by atoms with van der Waals surface area (Å²) in [6.45, 7) is 5.20. The second kappa shape index (κ2) is 4.32. The quantitative estimate of drug-likeness (QED) is 0.562. The Morgan fingerprint density at radius 2 is 1.65 bits per heavy atom. The Kier molecular flexibility index (Phi) is 3.26. The van der Waals surface area contributed by atoms with Crippen molar-refractivity contribution in [3.8, 4) is 0 Å². The van der Waals surface area contributed by atoms with Crippen molar-refractivity contribution in [2.24, 2.45) is 0 Å². The van der Waals surface area contributed by atoms with Gasteiger partial charge in [0.1, 0.15) is 11.3 Å². The number of carbonyl (C=O) groups is 1. The molecule has 94 valence electrons. The zero-order valence-corrected chi connectivity index (χ0v) is 9.94. The minimum Gasteiger partial charge on any atom is -0.444 e. The van der Waals surface area contributed by atoms with E-state index in [1.165, 1.54) is 0 Å². The van der Waals surface area contributed by atoms with Gasteiger partial charge < -0.3 is 21.9 Å². The summed E-state index contributed by atoms with van der Waals surface area (Å²) < 4.78 is 5.03. The Morgan fingerprint density at radius 3 is 2.06 bits per heavy atom. The molecule has 1 rings (SSSR count). The Hall–Kier alpha value is -2.25. The number of ether oxygens (including phenoxy) is 1. The standard InChI is InChI=1S/C9H16N6O2/c1-9(2,3)17-8(16)13-4-5(10)14-7(12)15-6(4)11/h1-3H3,(H,13,16)(H6,10,11,12,14,15). The van der Waals surface area contributed by atoms with E-state index in [1.807, 2.05) is 0 Å². The fourth-order valence-corrected chi connectivity index (χ4v) is 1.05. The van der Waals surface area contributed by atoms with Crippen molar-refractivity contribution < 1.29 is 9.53 Å². The van der Waals surface area contributed by atoms with Crippen molar-refractivity contribution in [2.75, 3.05) is 22.5 Å². The van der Waals surface area contributed by atoms with Gasteiger partial charge >= 0.3 is 6.09 Å². The highest BCUT2D eigenvalue weighted by Crippen LogP contribution is 2.23. The van der Waals surface area contributed by atoms with Gasteiger partial charge in [-0.1, -0.05) is 0 Å². The molecule has 0 radical (unpaired) electrons. The monoisotopic (exact) mass is 240 g/mol. The molecule has 0 aliphatic rings. The zero-order chi connectivity index (χ0) is 13.2. The molecule has 0 atom stereocenters. The number of nitrogens with zero attached hydrogens (tertiary/aromatic N) is 2. The smallest absolute Gasteiger partial charge is 0.412 e. The van der Waals surface area contributed by atoms with Crippen LogP contribution in [0.15, 0.2) is 0 Å². The maximum absolute atomic E-state index is 11.5. The van der Waals surface area contributed by atoms with Crippen molar-refractivity contribution in [1.82, 2.24) is 9.97 Å². The number of hydrogen-bond acceptors (Lipinski definition) is 7. The van der Waals surface area contributed by atoms with Crippen LogP contribution in [0.25, 0.3) is 0 Å². The average molecular weight is 240 g/mol. The molecule has 1 amide bonds. The van der Waals surface area contributed by atoms with Gasteiger partial charge in [0.2, 0.25) is 5.95 Å². The average Bonchev–Trinajstić information content (AvgIpc) is 2.08. The third kappa shape index (κ3) is 3.67. The SMILES string of the molecule is CC(C)(C)OC(=O)Nc1c(N)nc(N)nc1N. The number of aromatic nitrogens is 2. The molecule has 17 heavy (non-hydrogen) atoms. The van der Waals surface area contributed by atoms with Gasteiger partial charge in [-0.05, 0) is 20.8 Å². The van der Waals surface area contributed by atoms with Crippen molar-refractivity contribution in [3.63, 3.8) is 0 Å². The number of nitrogens with one attached hydrogen (secondary N) is 1. The highest BCUT2D eigenvalue weighted by Gasteiger charge is 2.19. The Labute approximate surface area is 98.5 Å². The second-order valence-corrected chi connectivity index (χ2v) is 4.35. The topological polar surface area (TPSA) is 142 Å². The molecule has 7 N–H and O–H groups in total. The van der Waals surface area contributed by atoms with E-state index in [1.54, 1.807) is 20.8 Å². The van der Waals surface area contributed by atoms with Gasteiger partial charge in [0.05, 0.1) is 0 Å². The lowest BCUT2D eigenvalue weighted by atomic mass is 10.2. The van der Waals surface area contributed by atoms with Gasteiger partial charge in [-0.25, -0.2) is 4.79 Å². The zero-order valence-electron chi connectivity index (χ0n) is 9.94. The molecule has 0 aliphatic carbocycles. The summed E-state index contributed by atoms with van der Waals surface area (Å²) in [6, 6.07) is 0. The molecule has 8 nitrogen and oxygen atoms in total. The van der Waals surface area contributed by atoms with Crippen LogP contribution in [-0.4, -0.2) is 21.7 Å². The molecule has 1 aromatic heterocycles. The van der Waals surface area contributed by atoms with Crippen LogP contribution in [0, 0.1) is 0 Å². The van der Waals surface area contributed by atoms with Gasteiger partial charge in [0, 0.05) is 0 Å². The molecule has 1 heterocycles. The van der Waals surface area contributed by atoms with Crippen LogP contribution >= 0.6 is 0 Å².